The molecule has 92 valence electrons. The average Bonchev–Trinajstić information content (AvgIpc) is 2.32. The van der Waals surface area contributed by atoms with Crippen LogP contribution in [0.4, 0.5) is 0 Å². The summed E-state index contributed by atoms with van der Waals surface area (Å²) >= 11 is 8.15. The molecule has 0 aliphatic rings. The summed E-state index contributed by atoms with van der Waals surface area (Å²) in [6.45, 7) is 0. The summed E-state index contributed by atoms with van der Waals surface area (Å²) in [4.78, 5) is 11.9. The molecule has 0 spiro atoms. The number of carbonyl (C=O) groups excluding carboxylic acids is 1. The largest absolute Gasteiger partial charge is 0.299 e. The van der Waals surface area contributed by atoms with E-state index in [-0.39, 0.29) is 5.78 Å². The lowest BCUT2D eigenvalue weighted by Gasteiger charge is -2.03. The van der Waals surface area contributed by atoms with Crippen molar-refractivity contribution in [1.29, 1.82) is 0 Å². The van der Waals surface area contributed by atoms with Gasteiger partial charge in [-0.15, -0.1) is 0 Å². The van der Waals surface area contributed by atoms with Crippen LogP contribution in [-0.2, 0) is 17.6 Å². The van der Waals surface area contributed by atoms with Gasteiger partial charge >= 0.3 is 0 Å². The molecule has 3 heteroatoms. The van der Waals surface area contributed by atoms with Gasteiger partial charge in [-0.05, 0) is 58.0 Å². The predicted octanol–water partition coefficient (Wildman–Crippen LogP) is 4.30. The summed E-state index contributed by atoms with van der Waals surface area (Å²) in [5.41, 5.74) is 2.03. The first kappa shape index (κ1) is 13.6. The van der Waals surface area contributed by atoms with Crippen LogP contribution < -0.4 is 0 Å². The van der Waals surface area contributed by atoms with Gasteiger partial charge in [0.25, 0.3) is 0 Å². The second kappa shape index (κ2) is 6.34. The van der Waals surface area contributed by atoms with E-state index in [1.165, 1.54) is 3.57 Å². The van der Waals surface area contributed by atoms with Gasteiger partial charge in [-0.2, -0.15) is 0 Å². The fourth-order valence-corrected chi connectivity index (χ4v) is 2.34. The number of hydrogen-bond acceptors (Lipinski definition) is 1. The van der Waals surface area contributed by atoms with E-state index in [1.54, 1.807) is 0 Å². The van der Waals surface area contributed by atoms with E-state index in [4.69, 9.17) is 11.6 Å². The molecular weight excluding hydrogens is 359 g/mol. The Labute approximate surface area is 125 Å². The molecule has 1 nitrogen and oxygen atoms in total. The van der Waals surface area contributed by atoms with Crippen molar-refractivity contribution in [3.63, 3.8) is 0 Å². The minimum absolute atomic E-state index is 0.207. The van der Waals surface area contributed by atoms with Crippen molar-refractivity contribution < 1.29 is 4.79 Å². The monoisotopic (exact) mass is 370 g/mol. The van der Waals surface area contributed by atoms with Crippen molar-refractivity contribution in [2.45, 2.75) is 12.8 Å². The van der Waals surface area contributed by atoms with E-state index in [0.29, 0.717) is 17.9 Å². The van der Waals surface area contributed by atoms with Crippen LogP contribution in [0.25, 0.3) is 0 Å². The number of ketones is 1. The van der Waals surface area contributed by atoms with Gasteiger partial charge in [0.05, 0.1) is 0 Å². The first-order valence-corrected chi connectivity index (χ1v) is 7.10. The second-order valence-electron chi connectivity index (χ2n) is 4.15. The van der Waals surface area contributed by atoms with E-state index in [1.807, 2.05) is 48.5 Å². The summed E-state index contributed by atoms with van der Waals surface area (Å²) in [6.07, 6.45) is 0.913. The maximum atomic E-state index is 11.9. The van der Waals surface area contributed by atoms with Crippen LogP contribution in [0.5, 0.6) is 0 Å². The lowest BCUT2D eigenvalue weighted by molar-refractivity contribution is -0.117. The highest BCUT2D eigenvalue weighted by molar-refractivity contribution is 14.1. The van der Waals surface area contributed by atoms with Gasteiger partial charge in [-0.3, -0.25) is 4.79 Å². The number of halogens is 2. The van der Waals surface area contributed by atoms with Gasteiger partial charge in [0.1, 0.15) is 5.78 Å². The van der Waals surface area contributed by atoms with Crippen LogP contribution in [-0.4, -0.2) is 5.78 Å². The third-order valence-electron chi connectivity index (χ3n) is 2.60. The van der Waals surface area contributed by atoms with Crippen LogP contribution in [0.1, 0.15) is 11.1 Å². The number of carbonyl (C=O) groups is 1. The molecule has 18 heavy (non-hydrogen) atoms. The Morgan fingerprint density at radius 1 is 1.00 bits per heavy atom. The summed E-state index contributed by atoms with van der Waals surface area (Å²) in [5, 5.41) is 0.676. The average molecular weight is 371 g/mol. The van der Waals surface area contributed by atoms with Crippen LogP contribution in [0.3, 0.4) is 0 Å². The molecular formula is C15H12ClIO. The maximum absolute atomic E-state index is 11.9. The lowest BCUT2D eigenvalue weighted by atomic mass is 10.0. The quantitative estimate of drug-likeness (QED) is 0.734. The van der Waals surface area contributed by atoms with Crippen molar-refractivity contribution in [3.8, 4) is 0 Å². The lowest BCUT2D eigenvalue weighted by Crippen LogP contribution is -2.06. The molecule has 0 saturated heterocycles. The topological polar surface area (TPSA) is 17.1 Å². The molecule has 2 aromatic rings. The highest BCUT2D eigenvalue weighted by Crippen LogP contribution is 2.13. The van der Waals surface area contributed by atoms with Crippen molar-refractivity contribution in [1.82, 2.24) is 0 Å². The third kappa shape index (κ3) is 4.10. The molecule has 0 saturated carbocycles. The Morgan fingerprint density at radius 2 is 1.67 bits per heavy atom. The molecule has 0 heterocycles. The highest BCUT2D eigenvalue weighted by atomic mass is 127. The first-order chi connectivity index (χ1) is 8.63. The molecule has 0 aromatic heterocycles. The predicted molar refractivity (Wildman–Crippen MR) is 83.0 cm³/mol. The third-order valence-corrected chi connectivity index (χ3v) is 3.56. The number of benzene rings is 2. The van der Waals surface area contributed by atoms with E-state index in [0.717, 1.165) is 11.1 Å². The van der Waals surface area contributed by atoms with E-state index < -0.39 is 0 Å². The highest BCUT2D eigenvalue weighted by Gasteiger charge is 2.05. The van der Waals surface area contributed by atoms with Crippen molar-refractivity contribution in [2.75, 3.05) is 0 Å². The SMILES string of the molecule is O=C(Cc1ccc(I)cc1)Cc1cccc(Cl)c1. The van der Waals surface area contributed by atoms with Gasteiger partial charge in [-0.25, -0.2) is 0 Å². The van der Waals surface area contributed by atoms with Gasteiger partial charge in [0, 0.05) is 21.4 Å². The molecule has 0 bridgehead atoms. The molecule has 0 unspecified atom stereocenters. The minimum Gasteiger partial charge on any atom is -0.299 e. The van der Waals surface area contributed by atoms with Gasteiger partial charge in [0.15, 0.2) is 0 Å². The standard InChI is InChI=1S/C15H12ClIO/c16-13-3-1-2-12(8-13)10-15(18)9-11-4-6-14(17)7-5-11/h1-8H,9-10H2. The van der Waals surface area contributed by atoms with E-state index >= 15 is 0 Å². The van der Waals surface area contributed by atoms with E-state index in [2.05, 4.69) is 22.6 Å². The zero-order valence-electron chi connectivity index (χ0n) is 9.70. The second-order valence-corrected chi connectivity index (χ2v) is 5.83. The molecule has 2 aromatic carbocycles. The summed E-state index contributed by atoms with van der Waals surface area (Å²) in [6, 6.07) is 15.5. The Balaban J connectivity index is 1.98. The maximum Gasteiger partial charge on any atom is 0.141 e. The van der Waals surface area contributed by atoms with Crippen LogP contribution in [0.15, 0.2) is 48.5 Å². The Hall–Kier alpha value is -0.870. The smallest absolute Gasteiger partial charge is 0.141 e. The molecule has 0 radical (unpaired) electrons. The molecule has 0 amide bonds. The Bertz CT molecular complexity index is 549. The van der Waals surface area contributed by atoms with Gasteiger partial charge in [0.2, 0.25) is 0 Å². The Kier molecular flexibility index (Phi) is 4.78. The zero-order chi connectivity index (χ0) is 13.0. The van der Waals surface area contributed by atoms with Crippen molar-refractivity contribution in [2.24, 2.45) is 0 Å². The fraction of sp³-hybridized carbons (Fsp3) is 0.133. The van der Waals surface area contributed by atoms with Gasteiger partial charge < -0.3 is 0 Å². The molecule has 0 aliphatic heterocycles. The Morgan fingerprint density at radius 3 is 2.33 bits per heavy atom. The molecule has 0 aliphatic carbocycles. The fourth-order valence-electron chi connectivity index (χ4n) is 1.77. The molecule has 0 N–H and O–H groups in total. The number of Topliss-reactive ketones (excluding diaryl/α,β-unsaturated/α-hetero) is 1. The molecule has 0 fully saturated rings. The number of hydrogen-bond donors (Lipinski definition) is 0. The molecule has 0 atom stereocenters. The first-order valence-electron chi connectivity index (χ1n) is 5.64. The van der Waals surface area contributed by atoms with Crippen LogP contribution >= 0.6 is 34.2 Å². The van der Waals surface area contributed by atoms with E-state index in [9.17, 15) is 4.79 Å². The number of rotatable bonds is 4. The van der Waals surface area contributed by atoms with Crippen LogP contribution in [0, 0.1) is 3.57 Å². The van der Waals surface area contributed by atoms with Crippen LogP contribution in [0.2, 0.25) is 5.02 Å². The van der Waals surface area contributed by atoms with Gasteiger partial charge in [-0.1, -0.05) is 35.9 Å². The van der Waals surface area contributed by atoms with Crippen molar-refractivity contribution >= 4 is 40.0 Å². The van der Waals surface area contributed by atoms with Crippen molar-refractivity contribution in [3.05, 3.63) is 68.3 Å². The minimum atomic E-state index is 0.207. The molecule has 2 rings (SSSR count). The summed E-state index contributed by atoms with van der Waals surface area (Å²) in [5.74, 6) is 0.207. The zero-order valence-corrected chi connectivity index (χ0v) is 12.6. The summed E-state index contributed by atoms with van der Waals surface area (Å²) in [7, 11) is 0. The summed E-state index contributed by atoms with van der Waals surface area (Å²) < 4.78 is 1.18. The normalized spacial score (nSPS) is 10.3.